The summed E-state index contributed by atoms with van der Waals surface area (Å²) in [5, 5.41) is 12.5. The fourth-order valence-electron chi connectivity index (χ4n) is 3.87. The summed E-state index contributed by atoms with van der Waals surface area (Å²) in [5.41, 5.74) is 4.41. The Bertz CT molecular complexity index is 1130. The van der Waals surface area contributed by atoms with Crippen LogP contribution in [0.4, 0.5) is 5.69 Å². The second-order valence-electron chi connectivity index (χ2n) is 8.45. The molecule has 0 atom stereocenters. The number of benzene rings is 2. The molecule has 34 heavy (non-hydrogen) atoms. The zero-order valence-electron chi connectivity index (χ0n) is 19.5. The van der Waals surface area contributed by atoms with Crippen LogP contribution < -0.4 is 10.1 Å². The summed E-state index contributed by atoms with van der Waals surface area (Å²) in [7, 11) is 0. The molecule has 4 rings (SSSR count). The van der Waals surface area contributed by atoms with Gasteiger partial charge in [0.05, 0.1) is 12.2 Å². The second kappa shape index (κ2) is 11.8. The van der Waals surface area contributed by atoms with E-state index < -0.39 is 0 Å². The van der Waals surface area contributed by atoms with Gasteiger partial charge in [0.25, 0.3) is 0 Å². The van der Waals surface area contributed by atoms with Gasteiger partial charge in [-0.1, -0.05) is 48.0 Å². The molecule has 0 aliphatic carbocycles. The lowest BCUT2D eigenvalue weighted by atomic mass is 10.0. The summed E-state index contributed by atoms with van der Waals surface area (Å²) in [6.45, 7) is 10.4. The number of rotatable bonds is 8. The van der Waals surface area contributed by atoms with Crippen molar-refractivity contribution in [3.63, 3.8) is 0 Å². The van der Waals surface area contributed by atoms with Crippen LogP contribution in [0.2, 0.25) is 5.02 Å². The van der Waals surface area contributed by atoms with Crippen LogP contribution in [0.1, 0.15) is 25.3 Å². The summed E-state index contributed by atoms with van der Waals surface area (Å²) in [6.07, 6.45) is 6.53. The zero-order valence-corrected chi connectivity index (χ0v) is 20.3. The lowest BCUT2D eigenvalue weighted by Gasteiger charge is -2.15. The van der Waals surface area contributed by atoms with Gasteiger partial charge in [0.2, 0.25) is 5.96 Å². The first-order valence-corrected chi connectivity index (χ1v) is 12.0. The molecular weight excluding hydrogens is 446 g/mol. The molecular formula is C27H30ClN5O. The van der Waals surface area contributed by atoms with Crippen LogP contribution in [-0.2, 0) is 0 Å². The third-order valence-electron chi connectivity index (χ3n) is 5.56. The van der Waals surface area contributed by atoms with Gasteiger partial charge in [-0.25, -0.2) is 4.99 Å². The van der Waals surface area contributed by atoms with E-state index in [4.69, 9.17) is 16.3 Å². The van der Waals surface area contributed by atoms with Gasteiger partial charge in [0.1, 0.15) is 12.4 Å². The lowest BCUT2D eigenvalue weighted by molar-refractivity contribution is 0.238. The van der Waals surface area contributed by atoms with Crippen molar-refractivity contribution in [2.24, 2.45) is 15.2 Å². The molecule has 0 saturated carbocycles. The SMILES string of the molecule is C=C(C)/C=C(\C=C1/CN=C(Nc2ccc(OCCN3CCCC3)cc2)N=N1)c1ccccc1Cl. The van der Waals surface area contributed by atoms with Crippen molar-refractivity contribution >= 4 is 28.8 Å². The molecule has 0 aromatic heterocycles. The number of halogens is 1. The third kappa shape index (κ3) is 6.89. The number of hydrogen-bond acceptors (Lipinski definition) is 6. The van der Waals surface area contributed by atoms with Crippen molar-refractivity contribution in [1.29, 1.82) is 0 Å². The van der Waals surface area contributed by atoms with Crippen molar-refractivity contribution in [2.75, 3.05) is 38.1 Å². The third-order valence-corrected chi connectivity index (χ3v) is 5.89. The Balaban J connectivity index is 1.33. The summed E-state index contributed by atoms with van der Waals surface area (Å²) >= 11 is 6.40. The van der Waals surface area contributed by atoms with Gasteiger partial charge in [-0.2, -0.15) is 0 Å². The highest BCUT2D eigenvalue weighted by molar-refractivity contribution is 6.32. The van der Waals surface area contributed by atoms with Gasteiger partial charge in [-0.15, -0.1) is 10.2 Å². The van der Waals surface area contributed by atoms with Gasteiger partial charge < -0.3 is 10.1 Å². The molecule has 0 radical (unpaired) electrons. The maximum Gasteiger partial charge on any atom is 0.242 e. The number of allylic oxidation sites excluding steroid dienone is 4. The van der Waals surface area contributed by atoms with E-state index in [1.165, 1.54) is 25.9 Å². The van der Waals surface area contributed by atoms with Crippen LogP contribution in [0.15, 0.2) is 93.8 Å². The molecule has 0 unspecified atom stereocenters. The first-order chi connectivity index (χ1) is 16.6. The lowest BCUT2D eigenvalue weighted by Crippen LogP contribution is -2.25. The standard InChI is InChI=1S/C27H30ClN5O/c1-20(2)17-21(25-7-3-4-8-26(25)28)18-23-19-29-27(32-31-23)30-22-9-11-24(12-10-22)34-16-15-33-13-5-6-14-33/h3-4,7-12,17-18H,1,5-6,13-16,19H2,2H3,(H,29,30)/b21-17+,23-18+. The number of ether oxygens (including phenoxy) is 1. The first kappa shape index (κ1) is 23.9. The van der Waals surface area contributed by atoms with Crippen molar-refractivity contribution in [2.45, 2.75) is 19.8 Å². The highest BCUT2D eigenvalue weighted by atomic mass is 35.5. The Kier molecular flexibility index (Phi) is 8.28. The number of likely N-dealkylation sites (tertiary alicyclic amines) is 1. The topological polar surface area (TPSA) is 61.6 Å². The number of hydrogen-bond donors (Lipinski definition) is 1. The first-order valence-electron chi connectivity index (χ1n) is 11.6. The van der Waals surface area contributed by atoms with Crippen LogP contribution in [0.5, 0.6) is 5.75 Å². The van der Waals surface area contributed by atoms with E-state index in [-0.39, 0.29) is 0 Å². The highest BCUT2D eigenvalue weighted by Gasteiger charge is 2.12. The average molecular weight is 476 g/mol. The number of nitrogens with zero attached hydrogens (tertiary/aromatic N) is 4. The van der Waals surface area contributed by atoms with Gasteiger partial charge >= 0.3 is 0 Å². The molecule has 6 nitrogen and oxygen atoms in total. The predicted octanol–water partition coefficient (Wildman–Crippen LogP) is 6.59. The van der Waals surface area contributed by atoms with E-state index in [0.29, 0.717) is 24.1 Å². The molecule has 2 aromatic carbocycles. The predicted molar refractivity (Wildman–Crippen MR) is 141 cm³/mol. The quantitative estimate of drug-likeness (QED) is 0.438. The highest BCUT2D eigenvalue weighted by Crippen LogP contribution is 2.27. The Hall–Kier alpha value is -3.22. The number of aliphatic imine (C=N–C) groups is 1. The van der Waals surface area contributed by atoms with E-state index in [9.17, 15) is 0 Å². The Morgan fingerprint density at radius 3 is 2.56 bits per heavy atom. The fraction of sp³-hybridized carbons (Fsp3) is 0.296. The number of nitrogens with one attached hydrogen (secondary N) is 1. The molecule has 0 amide bonds. The summed E-state index contributed by atoms with van der Waals surface area (Å²) in [5.74, 6) is 1.33. The second-order valence-corrected chi connectivity index (χ2v) is 8.86. The molecule has 2 heterocycles. The van der Waals surface area contributed by atoms with Crippen LogP contribution in [0.3, 0.4) is 0 Å². The van der Waals surface area contributed by atoms with Gasteiger partial charge in [0.15, 0.2) is 0 Å². The Labute approximate surface area is 206 Å². The summed E-state index contributed by atoms with van der Waals surface area (Å²) in [6, 6.07) is 15.5. The number of guanidine groups is 1. The van der Waals surface area contributed by atoms with Crippen LogP contribution >= 0.6 is 11.6 Å². The Morgan fingerprint density at radius 2 is 1.88 bits per heavy atom. The minimum absolute atomic E-state index is 0.418. The molecule has 0 spiro atoms. The Morgan fingerprint density at radius 1 is 1.12 bits per heavy atom. The molecule has 7 heteroatoms. The summed E-state index contributed by atoms with van der Waals surface area (Å²) in [4.78, 5) is 6.97. The van der Waals surface area contributed by atoms with Crippen molar-refractivity contribution < 1.29 is 4.74 Å². The van der Waals surface area contributed by atoms with E-state index in [2.05, 4.69) is 32.0 Å². The molecule has 1 saturated heterocycles. The minimum Gasteiger partial charge on any atom is -0.492 e. The van der Waals surface area contributed by atoms with Gasteiger partial charge in [-0.05, 0) is 74.8 Å². The fourth-order valence-corrected chi connectivity index (χ4v) is 4.11. The number of anilines is 1. The van der Waals surface area contributed by atoms with E-state index in [1.54, 1.807) is 0 Å². The molecule has 0 bridgehead atoms. The van der Waals surface area contributed by atoms with Crippen molar-refractivity contribution in [1.82, 2.24) is 4.90 Å². The minimum atomic E-state index is 0.418. The van der Waals surface area contributed by atoms with Crippen LogP contribution in [0, 0.1) is 0 Å². The molecule has 1 N–H and O–H groups in total. The van der Waals surface area contributed by atoms with Crippen molar-refractivity contribution in [3.05, 3.63) is 89.1 Å². The maximum absolute atomic E-state index is 6.40. The van der Waals surface area contributed by atoms with Crippen LogP contribution in [0.25, 0.3) is 5.57 Å². The molecule has 2 aromatic rings. The molecule has 176 valence electrons. The zero-order chi connectivity index (χ0) is 23.8. The maximum atomic E-state index is 6.40. The largest absolute Gasteiger partial charge is 0.492 e. The van der Waals surface area contributed by atoms with Crippen LogP contribution in [-0.4, -0.2) is 43.6 Å². The monoisotopic (exact) mass is 475 g/mol. The van der Waals surface area contributed by atoms with E-state index in [1.807, 2.05) is 67.6 Å². The smallest absolute Gasteiger partial charge is 0.242 e. The summed E-state index contributed by atoms with van der Waals surface area (Å²) < 4.78 is 5.87. The number of azo groups is 1. The average Bonchev–Trinajstić information content (AvgIpc) is 3.35. The van der Waals surface area contributed by atoms with Gasteiger partial charge in [0, 0.05) is 22.8 Å². The normalized spacial score (nSPS) is 17.6. The molecule has 2 aliphatic rings. The molecule has 1 fully saturated rings. The van der Waals surface area contributed by atoms with Gasteiger partial charge in [-0.3, -0.25) is 4.90 Å². The molecule has 2 aliphatic heterocycles. The van der Waals surface area contributed by atoms with E-state index in [0.717, 1.165) is 40.4 Å². The van der Waals surface area contributed by atoms with Crippen molar-refractivity contribution in [3.8, 4) is 5.75 Å². The van der Waals surface area contributed by atoms with E-state index >= 15 is 0 Å².